The number of carbonyl (C=O) groups is 1. The van der Waals surface area contributed by atoms with Crippen molar-refractivity contribution in [1.82, 2.24) is 5.32 Å². The number of hydrogen-bond acceptors (Lipinski definition) is 3. The molecule has 0 heterocycles. The van der Waals surface area contributed by atoms with Crippen LogP contribution in [0.15, 0.2) is 36.4 Å². The van der Waals surface area contributed by atoms with Crippen LogP contribution in [0.4, 0.5) is 0 Å². The van der Waals surface area contributed by atoms with E-state index in [1.54, 1.807) is 6.07 Å². The number of rotatable bonds is 8. The first-order chi connectivity index (χ1) is 13.6. The van der Waals surface area contributed by atoms with Crippen molar-refractivity contribution in [3.8, 4) is 17.2 Å². The van der Waals surface area contributed by atoms with E-state index in [-0.39, 0.29) is 22.5 Å². The molecule has 0 aliphatic heterocycles. The number of phenolic OH excluding ortho intramolecular Hbond substituents is 1. The predicted octanol–water partition coefficient (Wildman–Crippen LogP) is 6.31. The number of nitrogens with one attached hydrogen (secondary N) is 1. The summed E-state index contributed by atoms with van der Waals surface area (Å²) in [5, 5.41) is 12.6. The van der Waals surface area contributed by atoms with Crippen molar-refractivity contribution in [3.63, 3.8) is 0 Å². The average Bonchev–Trinajstić information content (AvgIpc) is 2.69. The normalized spacial score (nSPS) is 12.0. The van der Waals surface area contributed by atoms with Crippen LogP contribution in [-0.2, 0) is 10.8 Å². The molecule has 4 heteroatoms. The topological polar surface area (TPSA) is 58.6 Å². The van der Waals surface area contributed by atoms with E-state index in [0.717, 1.165) is 24.2 Å². The third-order valence-electron chi connectivity index (χ3n) is 6.02. The molecule has 4 nitrogen and oxygen atoms in total. The Morgan fingerprint density at radius 1 is 0.931 bits per heavy atom. The maximum Gasteiger partial charge on any atom is 0.255 e. The summed E-state index contributed by atoms with van der Waals surface area (Å²) in [5.41, 5.74) is 2.71. The summed E-state index contributed by atoms with van der Waals surface area (Å²) in [6.07, 6.45) is 2.00. The summed E-state index contributed by atoms with van der Waals surface area (Å²) < 4.78 is 6.28. The van der Waals surface area contributed by atoms with Gasteiger partial charge in [0.1, 0.15) is 17.2 Å². The maximum atomic E-state index is 12.5. The van der Waals surface area contributed by atoms with Gasteiger partial charge in [-0.3, -0.25) is 4.79 Å². The van der Waals surface area contributed by atoms with Crippen molar-refractivity contribution < 1.29 is 14.6 Å². The Kier molecular flexibility index (Phi) is 6.99. The lowest BCUT2D eigenvalue weighted by atomic mass is 9.76. The number of amides is 1. The third kappa shape index (κ3) is 5.11. The molecule has 2 N–H and O–H groups in total. The van der Waals surface area contributed by atoms with Crippen LogP contribution in [0.1, 0.15) is 82.8 Å². The van der Waals surface area contributed by atoms with Crippen molar-refractivity contribution in [2.45, 2.75) is 72.1 Å². The van der Waals surface area contributed by atoms with Gasteiger partial charge in [0.2, 0.25) is 0 Å². The molecule has 0 aromatic heterocycles. The van der Waals surface area contributed by atoms with Gasteiger partial charge in [0.25, 0.3) is 5.91 Å². The Labute approximate surface area is 175 Å². The number of phenols is 1. The second-order valence-electron chi connectivity index (χ2n) is 8.83. The fourth-order valence-electron chi connectivity index (χ4n) is 3.12. The first-order valence-electron chi connectivity index (χ1n) is 10.5. The molecule has 2 aromatic carbocycles. The number of benzene rings is 2. The zero-order valence-corrected chi connectivity index (χ0v) is 18.8. The van der Waals surface area contributed by atoms with Crippen LogP contribution in [0, 0.1) is 0 Å². The molecule has 158 valence electrons. The summed E-state index contributed by atoms with van der Waals surface area (Å²) in [7, 11) is 0. The van der Waals surface area contributed by atoms with E-state index < -0.39 is 0 Å². The van der Waals surface area contributed by atoms with Gasteiger partial charge in [0, 0.05) is 12.1 Å². The zero-order valence-electron chi connectivity index (χ0n) is 18.8. The summed E-state index contributed by atoms with van der Waals surface area (Å²) in [6.45, 7) is 15.6. The Hall–Kier alpha value is -2.49. The Bertz CT molecular complexity index is 868. The highest BCUT2D eigenvalue weighted by Gasteiger charge is 2.27. The molecule has 0 aliphatic carbocycles. The van der Waals surface area contributed by atoms with Crippen molar-refractivity contribution in [3.05, 3.63) is 53.1 Å². The second-order valence-corrected chi connectivity index (χ2v) is 8.83. The first-order valence-corrected chi connectivity index (χ1v) is 10.5. The average molecular weight is 398 g/mol. The monoisotopic (exact) mass is 397 g/mol. The van der Waals surface area contributed by atoms with Crippen LogP contribution in [0.3, 0.4) is 0 Å². The smallest absolute Gasteiger partial charge is 0.255 e. The van der Waals surface area contributed by atoms with Gasteiger partial charge in [-0.2, -0.15) is 0 Å². The molecule has 29 heavy (non-hydrogen) atoms. The third-order valence-corrected chi connectivity index (χ3v) is 6.02. The second kappa shape index (κ2) is 8.89. The van der Waals surface area contributed by atoms with Gasteiger partial charge >= 0.3 is 0 Å². The SMILES string of the molecule is CCNC(=O)c1cc(O)ccc1Oc1ccc(C(C)(C)CC)cc1C(C)(C)CC. The summed E-state index contributed by atoms with van der Waals surface area (Å²) in [5.74, 6) is 0.944. The van der Waals surface area contributed by atoms with Crippen LogP contribution < -0.4 is 10.1 Å². The highest BCUT2D eigenvalue weighted by Crippen LogP contribution is 2.40. The standard InChI is InChI=1S/C25H35NO3/c1-8-24(4,5)17-11-13-22(20(15-17)25(6,7)9-2)29-21-14-12-18(27)16-19(21)23(28)26-10-3/h11-16,27H,8-10H2,1-7H3,(H,26,28). The molecule has 0 fully saturated rings. The molecular formula is C25H35NO3. The number of ether oxygens (including phenoxy) is 1. The molecular weight excluding hydrogens is 362 g/mol. The van der Waals surface area contributed by atoms with Gasteiger partial charge in [0.05, 0.1) is 5.56 Å². The lowest BCUT2D eigenvalue weighted by Crippen LogP contribution is -2.23. The van der Waals surface area contributed by atoms with Crippen LogP contribution >= 0.6 is 0 Å². The van der Waals surface area contributed by atoms with E-state index in [1.165, 1.54) is 17.7 Å². The largest absolute Gasteiger partial charge is 0.508 e. The van der Waals surface area contributed by atoms with Gasteiger partial charge in [-0.1, -0.05) is 53.7 Å². The highest BCUT2D eigenvalue weighted by atomic mass is 16.5. The summed E-state index contributed by atoms with van der Waals surface area (Å²) in [6, 6.07) is 11.0. The molecule has 0 bridgehead atoms. The van der Waals surface area contributed by atoms with Crippen molar-refractivity contribution in [2.75, 3.05) is 6.54 Å². The van der Waals surface area contributed by atoms with E-state index in [0.29, 0.717) is 17.9 Å². The van der Waals surface area contributed by atoms with Crippen LogP contribution in [0.2, 0.25) is 0 Å². The number of aromatic hydroxyl groups is 1. The molecule has 0 aliphatic rings. The lowest BCUT2D eigenvalue weighted by Gasteiger charge is -2.30. The van der Waals surface area contributed by atoms with E-state index in [1.807, 2.05) is 13.0 Å². The van der Waals surface area contributed by atoms with Crippen LogP contribution in [0.5, 0.6) is 17.2 Å². The predicted molar refractivity (Wildman–Crippen MR) is 119 cm³/mol. The van der Waals surface area contributed by atoms with Crippen molar-refractivity contribution in [2.24, 2.45) is 0 Å². The maximum absolute atomic E-state index is 12.5. The molecule has 2 rings (SSSR count). The molecule has 0 saturated heterocycles. The molecule has 1 amide bonds. The lowest BCUT2D eigenvalue weighted by molar-refractivity contribution is 0.0953. The highest BCUT2D eigenvalue weighted by molar-refractivity contribution is 5.97. The Morgan fingerprint density at radius 2 is 1.55 bits per heavy atom. The summed E-state index contributed by atoms with van der Waals surface area (Å²) in [4.78, 5) is 12.5. The minimum atomic E-state index is -0.265. The molecule has 0 saturated carbocycles. The van der Waals surface area contributed by atoms with Crippen molar-refractivity contribution in [1.29, 1.82) is 0 Å². The van der Waals surface area contributed by atoms with Gasteiger partial charge in [-0.25, -0.2) is 0 Å². The zero-order chi connectivity index (χ0) is 21.8. The fourth-order valence-corrected chi connectivity index (χ4v) is 3.12. The van der Waals surface area contributed by atoms with Crippen molar-refractivity contribution >= 4 is 5.91 Å². The summed E-state index contributed by atoms with van der Waals surface area (Å²) >= 11 is 0. The first kappa shape index (κ1) is 22.8. The van der Waals surface area contributed by atoms with E-state index in [4.69, 9.17) is 4.74 Å². The Balaban J connectivity index is 2.57. The fraction of sp³-hybridized carbons (Fsp3) is 0.480. The quantitative estimate of drug-likeness (QED) is 0.549. The Morgan fingerprint density at radius 3 is 2.14 bits per heavy atom. The van der Waals surface area contributed by atoms with Gasteiger partial charge in [-0.15, -0.1) is 0 Å². The number of carbonyl (C=O) groups excluding carboxylic acids is 1. The molecule has 0 unspecified atom stereocenters. The molecule has 0 radical (unpaired) electrons. The van der Waals surface area contributed by atoms with E-state index in [2.05, 4.69) is 59.0 Å². The minimum absolute atomic E-state index is 0.0350. The van der Waals surface area contributed by atoms with Crippen LogP contribution in [-0.4, -0.2) is 17.6 Å². The van der Waals surface area contributed by atoms with E-state index >= 15 is 0 Å². The molecule has 2 aromatic rings. The van der Waals surface area contributed by atoms with Gasteiger partial charge < -0.3 is 15.2 Å². The van der Waals surface area contributed by atoms with Gasteiger partial charge in [-0.05, 0) is 60.4 Å². The molecule has 0 atom stereocenters. The van der Waals surface area contributed by atoms with Gasteiger partial charge in [0.15, 0.2) is 0 Å². The van der Waals surface area contributed by atoms with Crippen LogP contribution in [0.25, 0.3) is 0 Å². The number of hydrogen-bond donors (Lipinski definition) is 2. The minimum Gasteiger partial charge on any atom is -0.508 e. The van der Waals surface area contributed by atoms with E-state index in [9.17, 15) is 9.90 Å². The molecule has 0 spiro atoms.